The van der Waals surface area contributed by atoms with Gasteiger partial charge in [0.25, 0.3) is 5.22 Å². The molecule has 0 N–H and O–H groups in total. The average molecular weight is 442 g/mol. The normalized spacial score (nSPS) is 15.3. The summed E-state index contributed by atoms with van der Waals surface area (Å²) in [5.41, 5.74) is 0.490. The number of morpholine rings is 1. The summed E-state index contributed by atoms with van der Waals surface area (Å²) in [7, 11) is -3.62. The molecule has 0 saturated carbocycles. The second-order valence-corrected chi connectivity index (χ2v) is 9.14. The molecule has 0 unspecified atom stereocenters. The maximum atomic E-state index is 12.8. The SMILES string of the molecule is CCCCOC(=O)CSc1nnc(-c2cccc(S(=O)(=O)N3CCOCC3)c2)o1. The Kier molecular flexibility index (Phi) is 7.64. The molecular formula is C18H23N3O6S2. The number of hydrogen-bond donors (Lipinski definition) is 0. The highest BCUT2D eigenvalue weighted by Crippen LogP contribution is 2.26. The van der Waals surface area contributed by atoms with E-state index in [2.05, 4.69) is 10.2 Å². The van der Waals surface area contributed by atoms with Gasteiger partial charge in [-0.05, 0) is 24.6 Å². The van der Waals surface area contributed by atoms with Gasteiger partial charge >= 0.3 is 5.97 Å². The minimum atomic E-state index is -3.62. The molecule has 11 heteroatoms. The van der Waals surface area contributed by atoms with Gasteiger partial charge < -0.3 is 13.9 Å². The molecule has 1 aliphatic heterocycles. The second-order valence-electron chi connectivity index (χ2n) is 6.28. The van der Waals surface area contributed by atoms with Gasteiger partial charge in [0.1, 0.15) is 5.75 Å². The van der Waals surface area contributed by atoms with E-state index in [0.717, 1.165) is 24.6 Å². The zero-order valence-electron chi connectivity index (χ0n) is 16.1. The number of unbranched alkanes of at least 4 members (excludes halogenated alkanes) is 1. The highest BCUT2D eigenvalue weighted by molar-refractivity contribution is 7.99. The minimum absolute atomic E-state index is 0.0663. The lowest BCUT2D eigenvalue weighted by atomic mass is 10.2. The molecule has 0 bridgehead atoms. The van der Waals surface area contributed by atoms with Gasteiger partial charge in [-0.15, -0.1) is 10.2 Å². The topological polar surface area (TPSA) is 112 Å². The number of thioether (sulfide) groups is 1. The predicted molar refractivity (Wildman–Crippen MR) is 106 cm³/mol. The Morgan fingerprint density at radius 2 is 2.07 bits per heavy atom. The highest BCUT2D eigenvalue weighted by atomic mass is 32.2. The fourth-order valence-electron chi connectivity index (χ4n) is 2.60. The van der Waals surface area contributed by atoms with Crippen molar-refractivity contribution in [3.8, 4) is 11.5 Å². The van der Waals surface area contributed by atoms with Crippen LogP contribution in [-0.2, 0) is 24.3 Å². The number of benzene rings is 1. The first-order valence-electron chi connectivity index (χ1n) is 9.31. The molecule has 158 valence electrons. The van der Waals surface area contributed by atoms with Crippen LogP contribution in [0.4, 0.5) is 0 Å². The molecule has 0 atom stereocenters. The van der Waals surface area contributed by atoms with Crippen molar-refractivity contribution in [2.45, 2.75) is 29.9 Å². The van der Waals surface area contributed by atoms with E-state index < -0.39 is 10.0 Å². The molecule has 2 heterocycles. The molecule has 9 nitrogen and oxygen atoms in total. The molecular weight excluding hydrogens is 418 g/mol. The summed E-state index contributed by atoms with van der Waals surface area (Å²) < 4.78 is 42.9. The molecule has 1 fully saturated rings. The smallest absolute Gasteiger partial charge is 0.316 e. The number of sulfonamides is 1. The summed E-state index contributed by atoms with van der Waals surface area (Å²) in [4.78, 5) is 11.8. The Morgan fingerprint density at radius 3 is 2.83 bits per heavy atom. The van der Waals surface area contributed by atoms with E-state index in [1.807, 2.05) is 6.92 Å². The van der Waals surface area contributed by atoms with Crippen molar-refractivity contribution in [2.24, 2.45) is 0 Å². The van der Waals surface area contributed by atoms with E-state index in [9.17, 15) is 13.2 Å². The molecule has 1 saturated heterocycles. The molecule has 3 rings (SSSR count). The van der Waals surface area contributed by atoms with Crippen LogP contribution in [0, 0.1) is 0 Å². The molecule has 2 aromatic rings. The lowest BCUT2D eigenvalue weighted by molar-refractivity contribution is -0.140. The van der Waals surface area contributed by atoms with Crippen molar-refractivity contribution in [1.29, 1.82) is 0 Å². The third-order valence-electron chi connectivity index (χ3n) is 4.17. The first kappa shape index (κ1) is 21.8. The van der Waals surface area contributed by atoms with Crippen molar-refractivity contribution >= 4 is 27.8 Å². The summed E-state index contributed by atoms with van der Waals surface area (Å²) in [5.74, 6) is -0.0933. The molecule has 1 aromatic carbocycles. The van der Waals surface area contributed by atoms with Crippen molar-refractivity contribution in [2.75, 3.05) is 38.7 Å². The zero-order valence-corrected chi connectivity index (χ0v) is 17.7. The van der Waals surface area contributed by atoms with Gasteiger partial charge in [-0.25, -0.2) is 8.42 Å². The standard InChI is InChI=1S/C18H23N3O6S2/c1-2-3-9-26-16(22)13-28-18-20-19-17(27-18)14-5-4-6-15(12-14)29(23,24)21-7-10-25-11-8-21/h4-6,12H,2-3,7-11,13H2,1H3. The fraction of sp³-hybridized carbons (Fsp3) is 0.500. The third kappa shape index (κ3) is 5.78. The van der Waals surface area contributed by atoms with Gasteiger partial charge in [0, 0.05) is 18.7 Å². The van der Waals surface area contributed by atoms with Crippen LogP contribution in [-0.4, -0.2) is 67.6 Å². The van der Waals surface area contributed by atoms with Crippen LogP contribution < -0.4 is 0 Å². The zero-order chi connectivity index (χ0) is 20.7. The summed E-state index contributed by atoms with van der Waals surface area (Å²) in [6.45, 7) is 3.82. The van der Waals surface area contributed by atoms with Crippen LogP contribution in [0.5, 0.6) is 0 Å². The van der Waals surface area contributed by atoms with Crippen LogP contribution in [0.15, 0.2) is 38.8 Å². The summed E-state index contributed by atoms with van der Waals surface area (Å²) >= 11 is 1.08. The lowest BCUT2D eigenvalue weighted by Gasteiger charge is -2.26. The van der Waals surface area contributed by atoms with Gasteiger partial charge in [-0.3, -0.25) is 4.79 Å². The first-order chi connectivity index (χ1) is 14.0. The van der Waals surface area contributed by atoms with Crippen LogP contribution >= 0.6 is 11.8 Å². The van der Waals surface area contributed by atoms with Crippen LogP contribution in [0.1, 0.15) is 19.8 Å². The number of carbonyl (C=O) groups excluding carboxylic acids is 1. The van der Waals surface area contributed by atoms with Crippen LogP contribution in [0.3, 0.4) is 0 Å². The molecule has 29 heavy (non-hydrogen) atoms. The molecule has 0 amide bonds. The Hall–Kier alpha value is -1.95. The van der Waals surface area contributed by atoms with Gasteiger partial charge in [0.2, 0.25) is 15.9 Å². The van der Waals surface area contributed by atoms with Crippen LogP contribution in [0.25, 0.3) is 11.5 Å². The molecule has 1 aliphatic rings. The van der Waals surface area contributed by atoms with E-state index in [-0.39, 0.29) is 27.7 Å². The van der Waals surface area contributed by atoms with Gasteiger partial charge in [-0.2, -0.15) is 4.31 Å². The molecule has 0 spiro atoms. The predicted octanol–water partition coefficient (Wildman–Crippen LogP) is 2.19. The van der Waals surface area contributed by atoms with Crippen molar-refractivity contribution < 1.29 is 27.1 Å². The minimum Gasteiger partial charge on any atom is -0.465 e. The Labute approximate surface area is 173 Å². The highest BCUT2D eigenvalue weighted by Gasteiger charge is 2.27. The van der Waals surface area contributed by atoms with Gasteiger partial charge in [0.05, 0.1) is 24.7 Å². The monoisotopic (exact) mass is 441 g/mol. The number of rotatable bonds is 9. The number of esters is 1. The molecule has 0 aliphatic carbocycles. The summed E-state index contributed by atoms with van der Waals surface area (Å²) in [6, 6.07) is 6.36. The van der Waals surface area contributed by atoms with Gasteiger partial charge in [0.15, 0.2) is 0 Å². The Morgan fingerprint density at radius 1 is 1.28 bits per heavy atom. The number of hydrogen-bond acceptors (Lipinski definition) is 9. The Bertz CT molecular complexity index is 925. The van der Waals surface area contributed by atoms with Crippen molar-refractivity contribution in [3.05, 3.63) is 24.3 Å². The largest absolute Gasteiger partial charge is 0.465 e. The van der Waals surface area contributed by atoms with Crippen LogP contribution in [0.2, 0.25) is 0 Å². The first-order valence-corrected chi connectivity index (χ1v) is 11.7. The number of nitrogens with zero attached hydrogens (tertiary/aromatic N) is 3. The fourth-order valence-corrected chi connectivity index (χ4v) is 4.62. The number of carbonyl (C=O) groups is 1. The summed E-state index contributed by atoms with van der Waals surface area (Å²) in [5, 5.41) is 8.08. The molecule has 1 aromatic heterocycles. The summed E-state index contributed by atoms with van der Waals surface area (Å²) in [6.07, 6.45) is 1.78. The van der Waals surface area contributed by atoms with Crippen molar-refractivity contribution in [1.82, 2.24) is 14.5 Å². The average Bonchev–Trinajstić information content (AvgIpc) is 3.22. The van der Waals surface area contributed by atoms with E-state index in [0.29, 0.717) is 38.5 Å². The van der Waals surface area contributed by atoms with Gasteiger partial charge in [-0.1, -0.05) is 31.2 Å². The lowest BCUT2D eigenvalue weighted by Crippen LogP contribution is -2.40. The van der Waals surface area contributed by atoms with E-state index >= 15 is 0 Å². The van der Waals surface area contributed by atoms with Crippen molar-refractivity contribution in [3.63, 3.8) is 0 Å². The number of ether oxygens (including phenoxy) is 2. The maximum absolute atomic E-state index is 12.8. The Balaban J connectivity index is 1.66. The quantitative estimate of drug-likeness (QED) is 0.328. The maximum Gasteiger partial charge on any atom is 0.316 e. The molecule has 0 radical (unpaired) electrons. The number of aromatic nitrogens is 2. The van der Waals surface area contributed by atoms with E-state index in [4.69, 9.17) is 13.9 Å². The van der Waals surface area contributed by atoms with E-state index in [1.54, 1.807) is 12.1 Å². The third-order valence-corrected chi connectivity index (χ3v) is 6.86. The van der Waals surface area contributed by atoms with E-state index in [1.165, 1.54) is 16.4 Å². The second kappa shape index (κ2) is 10.2.